The van der Waals surface area contributed by atoms with E-state index in [1.54, 1.807) is 31.5 Å². The number of methoxy groups -OCH3 is 1. The van der Waals surface area contributed by atoms with Crippen LogP contribution in [0.1, 0.15) is 11.1 Å². The SMILES string of the molecule is COc1ccc2c(C=Nc3ccc(C)cc3)c(O)n(C)c(=O)c2c1. The number of aromatic nitrogens is 1. The smallest absolute Gasteiger partial charge is 0.261 e. The van der Waals surface area contributed by atoms with Crippen molar-refractivity contribution < 1.29 is 9.84 Å². The van der Waals surface area contributed by atoms with Crippen molar-refractivity contribution in [1.29, 1.82) is 0 Å². The molecule has 5 heteroatoms. The highest BCUT2D eigenvalue weighted by Gasteiger charge is 2.13. The van der Waals surface area contributed by atoms with Crippen molar-refractivity contribution in [2.45, 2.75) is 6.92 Å². The first-order valence-corrected chi connectivity index (χ1v) is 7.51. The minimum Gasteiger partial charge on any atom is -0.497 e. The molecule has 0 spiro atoms. The van der Waals surface area contributed by atoms with Gasteiger partial charge in [-0.1, -0.05) is 17.7 Å². The molecule has 0 aliphatic carbocycles. The number of aryl methyl sites for hydroxylation is 1. The molecule has 1 heterocycles. The molecule has 24 heavy (non-hydrogen) atoms. The van der Waals surface area contributed by atoms with E-state index in [9.17, 15) is 9.90 Å². The zero-order valence-electron chi connectivity index (χ0n) is 13.8. The summed E-state index contributed by atoms with van der Waals surface area (Å²) in [6.45, 7) is 2.01. The third kappa shape index (κ3) is 2.76. The van der Waals surface area contributed by atoms with Crippen LogP contribution in [0.2, 0.25) is 0 Å². The molecule has 0 fully saturated rings. The quantitative estimate of drug-likeness (QED) is 0.752. The van der Waals surface area contributed by atoms with Gasteiger partial charge < -0.3 is 9.84 Å². The molecule has 0 atom stereocenters. The van der Waals surface area contributed by atoms with E-state index in [4.69, 9.17) is 4.74 Å². The van der Waals surface area contributed by atoms with E-state index in [2.05, 4.69) is 4.99 Å². The highest BCUT2D eigenvalue weighted by Crippen LogP contribution is 2.26. The molecule has 0 saturated heterocycles. The Kier molecular flexibility index (Phi) is 4.08. The first-order valence-electron chi connectivity index (χ1n) is 7.51. The molecule has 122 valence electrons. The van der Waals surface area contributed by atoms with Gasteiger partial charge in [-0.2, -0.15) is 0 Å². The molecule has 0 amide bonds. The van der Waals surface area contributed by atoms with Gasteiger partial charge >= 0.3 is 0 Å². The number of aliphatic imine (C=N–C) groups is 1. The summed E-state index contributed by atoms with van der Waals surface area (Å²) in [7, 11) is 3.08. The lowest BCUT2D eigenvalue weighted by molar-refractivity contribution is 0.414. The molecule has 3 rings (SSSR count). The predicted molar refractivity (Wildman–Crippen MR) is 95.8 cm³/mol. The van der Waals surface area contributed by atoms with Crippen LogP contribution in [0.5, 0.6) is 11.6 Å². The van der Waals surface area contributed by atoms with Gasteiger partial charge in [0.05, 0.1) is 23.7 Å². The van der Waals surface area contributed by atoms with Crippen LogP contribution in [0.4, 0.5) is 5.69 Å². The monoisotopic (exact) mass is 322 g/mol. The third-order valence-corrected chi connectivity index (χ3v) is 3.99. The lowest BCUT2D eigenvalue weighted by Gasteiger charge is -2.10. The highest BCUT2D eigenvalue weighted by atomic mass is 16.5. The second-order valence-electron chi connectivity index (χ2n) is 5.61. The molecule has 1 N–H and O–H groups in total. The minimum atomic E-state index is -0.283. The zero-order chi connectivity index (χ0) is 17.3. The van der Waals surface area contributed by atoms with E-state index < -0.39 is 0 Å². The maximum atomic E-state index is 12.4. The molecule has 1 aromatic heterocycles. The summed E-state index contributed by atoms with van der Waals surface area (Å²) in [6, 6.07) is 12.9. The minimum absolute atomic E-state index is 0.117. The molecule has 0 saturated carbocycles. The number of rotatable bonds is 3. The molecular weight excluding hydrogens is 304 g/mol. The Labute approximate surface area is 139 Å². The summed E-state index contributed by atoms with van der Waals surface area (Å²) in [5, 5.41) is 11.5. The van der Waals surface area contributed by atoms with Gasteiger partial charge in [-0.25, -0.2) is 0 Å². The van der Waals surface area contributed by atoms with Crippen LogP contribution in [-0.2, 0) is 7.05 Å². The van der Waals surface area contributed by atoms with Crippen molar-refractivity contribution in [3.63, 3.8) is 0 Å². The molecule has 0 aliphatic heterocycles. The summed E-state index contributed by atoms with van der Waals surface area (Å²) in [4.78, 5) is 16.8. The van der Waals surface area contributed by atoms with Crippen LogP contribution in [0.25, 0.3) is 10.8 Å². The van der Waals surface area contributed by atoms with E-state index in [1.807, 2.05) is 31.2 Å². The summed E-state index contributed by atoms with van der Waals surface area (Å²) < 4.78 is 6.39. The van der Waals surface area contributed by atoms with Crippen molar-refractivity contribution in [1.82, 2.24) is 4.57 Å². The molecule has 5 nitrogen and oxygen atoms in total. The molecule has 2 aromatic carbocycles. The summed E-state index contributed by atoms with van der Waals surface area (Å²) in [6.07, 6.45) is 1.58. The van der Waals surface area contributed by atoms with Crippen LogP contribution in [-0.4, -0.2) is 23.0 Å². The number of benzene rings is 2. The second-order valence-corrected chi connectivity index (χ2v) is 5.61. The summed E-state index contributed by atoms with van der Waals surface area (Å²) >= 11 is 0. The van der Waals surface area contributed by atoms with Gasteiger partial charge in [0.25, 0.3) is 5.56 Å². The van der Waals surface area contributed by atoms with E-state index >= 15 is 0 Å². The van der Waals surface area contributed by atoms with Gasteiger partial charge in [0.1, 0.15) is 5.75 Å². The second kappa shape index (κ2) is 6.20. The van der Waals surface area contributed by atoms with Gasteiger partial charge in [0.15, 0.2) is 0 Å². The largest absolute Gasteiger partial charge is 0.497 e. The molecule has 0 unspecified atom stereocenters. The average molecular weight is 322 g/mol. The Balaban J connectivity index is 2.19. The Morgan fingerprint density at radius 1 is 1.12 bits per heavy atom. The van der Waals surface area contributed by atoms with E-state index in [-0.39, 0.29) is 11.4 Å². The number of hydrogen-bond donors (Lipinski definition) is 1. The van der Waals surface area contributed by atoms with E-state index in [0.29, 0.717) is 22.1 Å². The number of fused-ring (bicyclic) bond motifs is 1. The molecular formula is C19H18N2O3. The number of pyridine rings is 1. The topological polar surface area (TPSA) is 63.8 Å². The lowest BCUT2D eigenvalue weighted by atomic mass is 10.1. The van der Waals surface area contributed by atoms with Crippen molar-refractivity contribution in [2.24, 2.45) is 12.0 Å². The molecule has 0 radical (unpaired) electrons. The predicted octanol–water partition coefficient (Wildman–Crippen LogP) is 3.31. The fraction of sp³-hybridized carbons (Fsp3) is 0.158. The Morgan fingerprint density at radius 3 is 2.50 bits per heavy atom. The number of ether oxygens (including phenoxy) is 1. The molecule has 0 bridgehead atoms. The van der Waals surface area contributed by atoms with Crippen LogP contribution in [0, 0.1) is 6.92 Å². The Morgan fingerprint density at radius 2 is 1.83 bits per heavy atom. The summed E-state index contributed by atoms with van der Waals surface area (Å²) in [5.74, 6) is 0.472. The van der Waals surface area contributed by atoms with Crippen LogP contribution in [0.3, 0.4) is 0 Å². The highest BCUT2D eigenvalue weighted by molar-refractivity contribution is 6.02. The van der Waals surface area contributed by atoms with Gasteiger partial charge in [-0.3, -0.25) is 14.4 Å². The van der Waals surface area contributed by atoms with Crippen molar-refractivity contribution in [3.8, 4) is 11.6 Å². The van der Waals surface area contributed by atoms with Crippen molar-refractivity contribution in [2.75, 3.05) is 7.11 Å². The standard InChI is InChI=1S/C19H18N2O3/c1-12-4-6-13(7-5-12)20-11-17-15-9-8-14(24-3)10-16(15)18(22)21(2)19(17)23/h4-11,23H,1-3H3. The van der Waals surface area contributed by atoms with Crippen molar-refractivity contribution >= 4 is 22.7 Å². The molecule has 3 aromatic rings. The lowest BCUT2D eigenvalue weighted by Crippen LogP contribution is -2.18. The number of hydrogen-bond acceptors (Lipinski definition) is 4. The van der Waals surface area contributed by atoms with E-state index in [1.165, 1.54) is 11.6 Å². The molecule has 0 aliphatic rings. The first-order chi connectivity index (χ1) is 11.5. The Hall–Kier alpha value is -3.08. The van der Waals surface area contributed by atoms with Crippen LogP contribution >= 0.6 is 0 Å². The van der Waals surface area contributed by atoms with Crippen LogP contribution in [0.15, 0.2) is 52.3 Å². The first kappa shape index (κ1) is 15.8. The van der Waals surface area contributed by atoms with Gasteiger partial charge in [-0.15, -0.1) is 0 Å². The zero-order valence-corrected chi connectivity index (χ0v) is 13.8. The normalized spacial score (nSPS) is 11.3. The maximum absolute atomic E-state index is 12.4. The van der Waals surface area contributed by atoms with Crippen molar-refractivity contribution in [3.05, 3.63) is 63.9 Å². The third-order valence-electron chi connectivity index (χ3n) is 3.99. The maximum Gasteiger partial charge on any atom is 0.261 e. The fourth-order valence-corrected chi connectivity index (χ4v) is 2.54. The van der Waals surface area contributed by atoms with Gasteiger partial charge in [0.2, 0.25) is 5.88 Å². The fourth-order valence-electron chi connectivity index (χ4n) is 2.54. The Bertz CT molecular complexity index is 986. The van der Waals surface area contributed by atoms with E-state index in [0.717, 1.165) is 11.3 Å². The van der Waals surface area contributed by atoms with Gasteiger partial charge in [0, 0.05) is 18.6 Å². The average Bonchev–Trinajstić information content (AvgIpc) is 2.61. The number of nitrogens with zero attached hydrogens (tertiary/aromatic N) is 2. The van der Waals surface area contributed by atoms with Gasteiger partial charge in [-0.05, 0) is 37.3 Å². The van der Waals surface area contributed by atoms with Crippen LogP contribution < -0.4 is 10.3 Å². The summed E-state index contributed by atoms with van der Waals surface area (Å²) in [5.41, 5.74) is 2.14. The number of aromatic hydroxyl groups is 1.